The number of hydrogen-bond donors (Lipinski definition) is 2. The summed E-state index contributed by atoms with van der Waals surface area (Å²) in [4.78, 5) is 25.8. The molecule has 4 aromatic rings. The average molecular weight is 539 g/mol. The fourth-order valence-corrected chi connectivity index (χ4v) is 3.76. The Hall–Kier alpha value is -4.62. The van der Waals surface area contributed by atoms with Crippen LogP contribution in [0.4, 0.5) is 33.6 Å². The normalized spacial score (nSPS) is 13.6. The van der Waals surface area contributed by atoms with Gasteiger partial charge in [-0.3, -0.25) is 10.1 Å². The van der Waals surface area contributed by atoms with Gasteiger partial charge in [0.15, 0.2) is 0 Å². The van der Waals surface area contributed by atoms with Crippen LogP contribution in [-0.2, 0) is 4.74 Å². The van der Waals surface area contributed by atoms with Crippen LogP contribution in [-0.4, -0.2) is 52.4 Å². The van der Waals surface area contributed by atoms with Crippen LogP contribution in [0.5, 0.6) is 0 Å². The number of hydrogen-bond acceptors (Lipinski definition) is 11. The van der Waals surface area contributed by atoms with Gasteiger partial charge in [0.05, 0.1) is 24.4 Å². The van der Waals surface area contributed by atoms with E-state index in [4.69, 9.17) is 20.8 Å². The van der Waals surface area contributed by atoms with Crippen LogP contribution in [0, 0.1) is 15.9 Å². The number of hydrazone groups is 1. The Morgan fingerprint density at radius 2 is 1.82 bits per heavy atom. The number of ether oxygens (including phenoxy) is 1. The van der Waals surface area contributed by atoms with Gasteiger partial charge in [0.25, 0.3) is 5.69 Å². The molecule has 0 spiro atoms. The van der Waals surface area contributed by atoms with E-state index in [1.54, 1.807) is 30.3 Å². The molecule has 1 aliphatic rings. The monoisotopic (exact) mass is 538 g/mol. The number of rotatable bonds is 8. The molecule has 3 heterocycles. The molecule has 0 saturated carbocycles. The van der Waals surface area contributed by atoms with Gasteiger partial charge in [-0.05, 0) is 48.5 Å². The molecule has 2 aromatic heterocycles. The van der Waals surface area contributed by atoms with Crippen LogP contribution in [0.2, 0.25) is 5.02 Å². The molecule has 0 radical (unpaired) electrons. The number of aromatic nitrogens is 3. The van der Waals surface area contributed by atoms with Crippen molar-refractivity contribution >= 4 is 47.0 Å². The molecule has 2 N–H and O–H groups in total. The van der Waals surface area contributed by atoms with Crippen LogP contribution < -0.4 is 15.6 Å². The van der Waals surface area contributed by atoms with Gasteiger partial charge < -0.3 is 19.4 Å². The van der Waals surface area contributed by atoms with Crippen molar-refractivity contribution in [2.24, 2.45) is 5.10 Å². The van der Waals surface area contributed by atoms with E-state index in [1.165, 1.54) is 30.5 Å². The quantitative estimate of drug-likeness (QED) is 0.181. The van der Waals surface area contributed by atoms with E-state index in [0.717, 1.165) is 0 Å². The lowest BCUT2D eigenvalue weighted by Crippen LogP contribution is -2.37. The predicted molar refractivity (Wildman–Crippen MR) is 140 cm³/mol. The second-order valence-electron chi connectivity index (χ2n) is 8.01. The van der Waals surface area contributed by atoms with Crippen LogP contribution in [0.25, 0.3) is 11.3 Å². The zero-order valence-corrected chi connectivity index (χ0v) is 20.4. The smallest absolute Gasteiger partial charge is 0.288 e. The lowest BCUT2D eigenvalue weighted by molar-refractivity contribution is -0.384. The Labute approximate surface area is 220 Å². The molecular weight excluding hydrogens is 519 g/mol. The van der Waals surface area contributed by atoms with E-state index >= 15 is 0 Å². The van der Waals surface area contributed by atoms with Gasteiger partial charge in [-0.25, -0.2) is 9.82 Å². The molecule has 0 unspecified atom stereocenters. The Balaban J connectivity index is 1.34. The van der Waals surface area contributed by atoms with Crippen LogP contribution in [0.1, 0.15) is 5.76 Å². The zero-order valence-electron chi connectivity index (χ0n) is 19.7. The topological polar surface area (TPSA) is 144 Å². The van der Waals surface area contributed by atoms with Gasteiger partial charge in [0, 0.05) is 30.4 Å². The minimum atomic E-state index is -0.555. The van der Waals surface area contributed by atoms with Gasteiger partial charge in [0.1, 0.15) is 22.4 Å². The maximum absolute atomic E-state index is 13.3. The predicted octanol–water partition coefficient (Wildman–Crippen LogP) is 4.86. The molecule has 5 rings (SSSR count). The van der Waals surface area contributed by atoms with Gasteiger partial charge >= 0.3 is 0 Å². The molecule has 194 valence electrons. The van der Waals surface area contributed by atoms with E-state index in [9.17, 15) is 14.5 Å². The fraction of sp³-hybridized carbons (Fsp3) is 0.167. The van der Waals surface area contributed by atoms with Crippen molar-refractivity contribution in [2.75, 3.05) is 41.9 Å². The van der Waals surface area contributed by atoms with Crippen LogP contribution >= 0.6 is 11.6 Å². The highest BCUT2D eigenvalue weighted by molar-refractivity contribution is 6.32. The summed E-state index contributed by atoms with van der Waals surface area (Å²) >= 11 is 5.89. The highest BCUT2D eigenvalue weighted by Crippen LogP contribution is 2.31. The van der Waals surface area contributed by atoms with Crippen molar-refractivity contribution in [1.29, 1.82) is 0 Å². The summed E-state index contributed by atoms with van der Waals surface area (Å²) in [5.74, 6) is 1.28. The van der Waals surface area contributed by atoms with Gasteiger partial charge in [-0.1, -0.05) is 11.6 Å². The molecule has 1 fully saturated rings. The lowest BCUT2D eigenvalue weighted by Gasteiger charge is -2.27. The maximum atomic E-state index is 13.3. The first kappa shape index (κ1) is 25.0. The van der Waals surface area contributed by atoms with E-state index in [2.05, 4.69) is 30.8 Å². The molecule has 1 aliphatic heterocycles. The van der Waals surface area contributed by atoms with Crippen molar-refractivity contribution in [3.8, 4) is 11.3 Å². The minimum Gasteiger partial charge on any atom is -0.455 e. The fourth-order valence-electron chi connectivity index (χ4n) is 3.57. The summed E-state index contributed by atoms with van der Waals surface area (Å²) in [5, 5.41) is 18.4. The standard InChI is InChI=1S/C24H20ClFN8O4/c25-19-7-1-15(13-20(19)34(35)36)21-8-6-18(38-21)14-27-32-23-29-22(28-17-4-2-16(26)3-5-17)30-24(31-23)33-9-11-37-12-10-33/h1-8,13-14H,9-12H2,(H2,28,29,30,31,32)/b27-14-. The Morgan fingerprint density at radius 3 is 2.58 bits per heavy atom. The maximum Gasteiger partial charge on any atom is 0.288 e. The number of nitro groups is 1. The number of furan rings is 1. The molecule has 0 bridgehead atoms. The molecule has 0 atom stereocenters. The number of halogens is 2. The van der Waals surface area contributed by atoms with Crippen molar-refractivity contribution in [3.63, 3.8) is 0 Å². The largest absolute Gasteiger partial charge is 0.455 e. The molecule has 0 amide bonds. The summed E-state index contributed by atoms with van der Waals surface area (Å²) in [6.07, 6.45) is 1.42. The summed E-state index contributed by atoms with van der Waals surface area (Å²) in [6, 6.07) is 13.5. The third-order valence-corrected chi connectivity index (χ3v) is 5.75. The lowest BCUT2D eigenvalue weighted by atomic mass is 10.1. The van der Waals surface area contributed by atoms with Crippen molar-refractivity contribution in [2.45, 2.75) is 0 Å². The first-order valence-corrected chi connectivity index (χ1v) is 11.8. The molecule has 38 heavy (non-hydrogen) atoms. The third-order valence-electron chi connectivity index (χ3n) is 5.43. The molecule has 12 nitrogen and oxygen atoms in total. The van der Waals surface area contributed by atoms with Gasteiger partial charge in [-0.15, -0.1) is 0 Å². The van der Waals surface area contributed by atoms with Gasteiger partial charge in [0.2, 0.25) is 17.8 Å². The van der Waals surface area contributed by atoms with Crippen LogP contribution in [0.3, 0.4) is 0 Å². The molecular formula is C24H20ClFN8O4. The van der Waals surface area contributed by atoms with Crippen molar-refractivity contribution < 1.29 is 18.5 Å². The summed E-state index contributed by atoms with van der Waals surface area (Å²) < 4.78 is 24.4. The van der Waals surface area contributed by atoms with Crippen LogP contribution in [0.15, 0.2) is 64.1 Å². The number of benzene rings is 2. The Kier molecular flexibility index (Phi) is 7.38. The van der Waals surface area contributed by atoms with Crippen molar-refractivity contribution in [1.82, 2.24) is 15.0 Å². The highest BCUT2D eigenvalue weighted by Gasteiger charge is 2.17. The first-order valence-electron chi connectivity index (χ1n) is 11.4. The first-order chi connectivity index (χ1) is 18.4. The second-order valence-corrected chi connectivity index (χ2v) is 8.42. The highest BCUT2D eigenvalue weighted by atomic mass is 35.5. The number of nitrogens with one attached hydrogen (secondary N) is 2. The van der Waals surface area contributed by atoms with Crippen molar-refractivity contribution in [3.05, 3.63) is 81.3 Å². The SMILES string of the molecule is O=[N+]([O-])c1cc(-c2ccc(/C=N\Nc3nc(Nc4ccc(F)cc4)nc(N4CCOCC4)n3)o2)ccc1Cl. The summed E-state index contributed by atoms with van der Waals surface area (Å²) in [7, 11) is 0. The second kappa shape index (κ2) is 11.2. The Morgan fingerprint density at radius 1 is 1.05 bits per heavy atom. The summed E-state index contributed by atoms with van der Waals surface area (Å²) in [6.45, 7) is 2.32. The molecule has 2 aromatic carbocycles. The molecule has 1 saturated heterocycles. The molecule has 0 aliphatic carbocycles. The van der Waals surface area contributed by atoms with E-state index in [1.807, 2.05) is 4.90 Å². The third kappa shape index (κ3) is 6.02. The number of nitro benzene ring substituents is 1. The van der Waals surface area contributed by atoms with E-state index < -0.39 is 4.92 Å². The summed E-state index contributed by atoms with van der Waals surface area (Å²) in [5.41, 5.74) is 3.66. The number of nitrogens with zero attached hydrogens (tertiary/aromatic N) is 6. The van der Waals surface area contributed by atoms with E-state index in [-0.39, 0.29) is 28.4 Å². The minimum absolute atomic E-state index is 0.0402. The average Bonchev–Trinajstić information content (AvgIpc) is 3.39. The molecule has 14 heteroatoms. The number of anilines is 4. The zero-order chi connectivity index (χ0) is 26.5. The Bertz CT molecular complexity index is 1470. The van der Waals surface area contributed by atoms with Gasteiger partial charge in [-0.2, -0.15) is 20.1 Å². The number of morpholine rings is 1. The van der Waals surface area contributed by atoms with E-state index in [0.29, 0.717) is 55.0 Å².